The number of rotatable bonds is 2. The Bertz CT molecular complexity index is 628. The Morgan fingerprint density at radius 3 is 2.94 bits per heavy atom. The molecule has 0 fully saturated rings. The van der Waals surface area contributed by atoms with Crippen LogP contribution in [0.3, 0.4) is 0 Å². The van der Waals surface area contributed by atoms with Crippen molar-refractivity contribution in [2.24, 2.45) is 0 Å². The first kappa shape index (κ1) is 13.3. The zero-order valence-corrected chi connectivity index (χ0v) is 11.9. The van der Waals surface area contributed by atoms with E-state index in [0.29, 0.717) is 15.9 Å². The number of aliphatic hydroxyl groups is 1. The molecule has 6 nitrogen and oxygen atoms in total. The highest BCUT2D eigenvalue weighted by molar-refractivity contribution is 9.10. The van der Waals surface area contributed by atoms with Crippen LogP contribution in [0.15, 0.2) is 10.7 Å². The van der Waals surface area contributed by atoms with E-state index >= 15 is 0 Å². The lowest BCUT2D eigenvalue weighted by Gasteiger charge is -2.13. The molecule has 0 saturated heterocycles. The average Bonchev–Trinajstić information content (AvgIpc) is 2.68. The van der Waals surface area contributed by atoms with E-state index < -0.39 is 12.1 Å². The summed E-state index contributed by atoms with van der Waals surface area (Å²) in [6.45, 7) is 1.65. The van der Waals surface area contributed by atoms with Crippen LogP contribution in [0.1, 0.15) is 17.4 Å². The van der Waals surface area contributed by atoms with Gasteiger partial charge in [-0.05, 0) is 22.9 Å². The molecule has 18 heavy (non-hydrogen) atoms. The van der Waals surface area contributed by atoms with Crippen LogP contribution in [0.25, 0.3) is 5.65 Å². The number of halogens is 2. The molecule has 2 aromatic rings. The van der Waals surface area contributed by atoms with E-state index in [1.165, 1.54) is 11.6 Å². The summed E-state index contributed by atoms with van der Waals surface area (Å²) in [4.78, 5) is 15.6. The Kier molecular flexibility index (Phi) is 3.56. The first-order chi connectivity index (χ1) is 8.45. The van der Waals surface area contributed by atoms with Gasteiger partial charge in [0.2, 0.25) is 0 Å². The maximum Gasteiger partial charge on any atom is 0.339 e. The van der Waals surface area contributed by atoms with E-state index in [-0.39, 0.29) is 10.7 Å². The molecule has 0 aliphatic rings. The lowest BCUT2D eigenvalue weighted by atomic mass is 10.1. The van der Waals surface area contributed by atoms with Gasteiger partial charge in [0.1, 0.15) is 9.76 Å². The Labute approximate surface area is 116 Å². The van der Waals surface area contributed by atoms with E-state index in [9.17, 15) is 9.90 Å². The molecule has 2 aromatic heterocycles. The number of nitrogens with zero attached hydrogens (tertiary/aromatic N) is 3. The number of aromatic nitrogens is 3. The Morgan fingerprint density at radius 2 is 2.33 bits per heavy atom. The number of aliphatic hydroxyl groups excluding tert-OH is 1. The third-order valence-electron chi connectivity index (χ3n) is 2.44. The van der Waals surface area contributed by atoms with Gasteiger partial charge in [-0.2, -0.15) is 5.10 Å². The second-order valence-corrected chi connectivity index (χ2v) is 4.73. The minimum atomic E-state index is -1.48. The van der Waals surface area contributed by atoms with Gasteiger partial charge in [-0.1, -0.05) is 11.6 Å². The molecule has 8 heteroatoms. The van der Waals surface area contributed by atoms with Crippen LogP contribution in [0.2, 0.25) is 5.15 Å². The third-order valence-corrected chi connectivity index (χ3v) is 3.19. The van der Waals surface area contributed by atoms with Crippen LogP contribution in [0, 0.1) is 6.92 Å². The molecule has 1 N–H and O–H groups in total. The Hall–Kier alpha value is -1.18. The van der Waals surface area contributed by atoms with Crippen molar-refractivity contribution in [1.29, 1.82) is 0 Å². The van der Waals surface area contributed by atoms with Crippen LogP contribution >= 0.6 is 27.5 Å². The molecule has 2 rings (SSSR count). The van der Waals surface area contributed by atoms with Crippen LogP contribution in [-0.2, 0) is 9.53 Å². The van der Waals surface area contributed by atoms with E-state index in [4.69, 9.17) is 11.6 Å². The van der Waals surface area contributed by atoms with Gasteiger partial charge in [-0.3, -0.25) is 0 Å². The number of hydrogen-bond acceptors (Lipinski definition) is 5. The summed E-state index contributed by atoms with van der Waals surface area (Å²) in [5.41, 5.74) is 1.15. The summed E-state index contributed by atoms with van der Waals surface area (Å²) in [6, 6.07) is 1.67. The fourth-order valence-electron chi connectivity index (χ4n) is 1.60. The van der Waals surface area contributed by atoms with Gasteiger partial charge >= 0.3 is 5.97 Å². The van der Waals surface area contributed by atoms with Crippen LogP contribution in [0.4, 0.5) is 0 Å². The zero-order chi connectivity index (χ0) is 13.4. The highest BCUT2D eigenvalue weighted by Crippen LogP contribution is 2.28. The van der Waals surface area contributed by atoms with Crippen molar-refractivity contribution in [1.82, 2.24) is 14.6 Å². The second kappa shape index (κ2) is 4.83. The molecule has 0 aromatic carbocycles. The Morgan fingerprint density at radius 1 is 1.67 bits per heavy atom. The zero-order valence-electron chi connectivity index (χ0n) is 9.52. The molecular formula is C10H9BrClN3O3. The number of carbonyl (C=O) groups excluding carboxylic acids is 1. The predicted molar refractivity (Wildman–Crippen MR) is 67.4 cm³/mol. The van der Waals surface area contributed by atoms with Crippen molar-refractivity contribution < 1.29 is 14.6 Å². The number of ether oxygens (including phenoxy) is 1. The van der Waals surface area contributed by atoms with Gasteiger partial charge in [0.25, 0.3) is 0 Å². The smallest absolute Gasteiger partial charge is 0.339 e. The summed E-state index contributed by atoms with van der Waals surface area (Å²) < 4.78 is 6.37. The first-order valence-electron chi connectivity index (χ1n) is 4.93. The molecule has 0 bridgehead atoms. The minimum Gasteiger partial charge on any atom is -0.467 e. The lowest BCUT2D eigenvalue weighted by molar-refractivity contribution is -0.150. The minimum absolute atomic E-state index is 0.126. The third kappa shape index (κ3) is 2.09. The van der Waals surface area contributed by atoms with Crippen molar-refractivity contribution in [2.45, 2.75) is 13.0 Å². The molecular weight excluding hydrogens is 325 g/mol. The fourth-order valence-corrected chi connectivity index (χ4v) is 2.33. The highest BCUT2D eigenvalue weighted by atomic mass is 79.9. The molecule has 0 saturated carbocycles. The van der Waals surface area contributed by atoms with Gasteiger partial charge in [-0.15, -0.1) is 0 Å². The van der Waals surface area contributed by atoms with Gasteiger partial charge in [-0.25, -0.2) is 14.3 Å². The highest BCUT2D eigenvalue weighted by Gasteiger charge is 2.26. The SMILES string of the molecule is COC(=O)[C@@H](O)c1c(C)nc2cc(Br)nn2c1Cl. The number of hydrogen-bond donors (Lipinski definition) is 1. The molecule has 1 atom stereocenters. The van der Waals surface area contributed by atoms with Crippen molar-refractivity contribution >= 4 is 39.1 Å². The van der Waals surface area contributed by atoms with E-state index in [1.807, 2.05) is 0 Å². The maximum atomic E-state index is 11.4. The summed E-state index contributed by atoms with van der Waals surface area (Å²) in [7, 11) is 1.19. The summed E-state index contributed by atoms with van der Waals surface area (Å²) in [5, 5.41) is 14.0. The number of methoxy groups -OCH3 is 1. The van der Waals surface area contributed by atoms with Crippen molar-refractivity contribution in [3.05, 3.63) is 27.1 Å². The van der Waals surface area contributed by atoms with Crippen molar-refractivity contribution in [2.75, 3.05) is 7.11 Å². The summed E-state index contributed by atoms with van der Waals surface area (Å²) in [5.74, 6) is -0.799. The molecule has 2 heterocycles. The van der Waals surface area contributed by atoms with Gasteiger partial charge in [0.05, 0.1) is 12.7 Å². The standard InChI is InChI=1S/C10H9BrClN3O3/c1-4-7(8(16)10(17)18-2)9(12)15-6(13-4)3-5(11)14-15/h3,8,16H,1-2H3/t8-/m0/s1. The van der Waals surface area contributed by atoms with Crippen LogP contribution < -0.4 is 0 Å². The first-order valence-corrected chi connectivity index (χ1v) is 6.10. The second-order valence-electron chi connectivity index (χ2n) is 3.56. The number of carbonyl (C=O) groups is 1. The molecule has 0 amide bonds. The normalized spacial score (nSPS) is 12.7. The largest absolute Gasteiger partial charge is 0.467 e. The lowest BCUT2D eigenvalue weighted by Crippen LogP contribution is -2.17. The van der Waals surface area contributed by atoms with E-state index in [2.05, 4.69) is 30.7 Å². The molecule has 96 valence electrons. The molecule has 0 aliphatic heterocycles. The quantitative estimate of drug-likeness (QED) is 0.667. The van der Waals surface area contributed by atoms with Crippen LogP contribution in [-0.4, -0.2) is 32.8 Å². The number of esters is 1. The maximum absolute atomic E-state index is 11.4. The van der Waals surface area contributed by atoms with Gasteiger partial charge in [0, 0.05) is 11.8 Å². The molecule has 0 spiro atoms. The van der Waals surface area contributed by atoms with E-state index in [0.717, 1.165) is 0 Å². The monoisotopic (exact) mass is 333 g/mol. The van der Waals surface area contributed by atoms with Crippen molar-refractivity contribution in [3.63, 3.8) is 0 Å². The van der Waals surface area contributed by atoms with Crippen LogP contribution in [0.5, 0.6) is 0 Å². The number of aryl methyl sites for hydroxylation is 1. The fraction of sp³-hybridized carbons (Fsp3) is 0.300. The molecule has 0 radical (unpaired) electrons. The van der Waals surface area contributed by atoms with Crippen molar-refractivity contribution in [3.8, 4) is 0 Å². The average molecular weight is 335 g/mol. The van der Waals surface area contributed by atoms with Gasteiger partial charge in [0.15, 0.2) is 11.8 Å². The predicted octanol–water partition coefficient (Wildman–Crippen LogP) is 1.66. The number of fused-ring (bicyclic) bond motifs is 1. The summed E-state index contributed by atoms with van der Waals surface area (Å²) >= 11 is 9.33. The Balaban J connectivity index is 2.67. The van der Waals surface area contributed by atoms with Gasteiger partial charge < -0.3 is 9.84 Å². The topological polar surface area (TPSA) is 76.7 Å². The molecule has 0 aliphatic carbocycles. The van der Waals surface area contributed by atoms with E-state index in [1.54, 1.807) is 13.0 Å². The summed E-state index contributed by atoms with van der Waals surface area (Å²) in [6.07, 6.45) is -1.48. The molecule has 0 unspecified atom stereocenters.